The standard InChI is InChI=1S/C19H16F2N2O4/c1-11(24)23-10-13-5-3-2-4-12(13)8-15(23)18(25)22-14-6-7-16-17(9-14)27-19(20,21)26-16/h2-7,9,15H,8,10H2,1H3,(H,22,25)/t15-/m0/s1. The SMILES string of the molecule is CC(=O)N1Cc2ccccc2C[C@H]1C(=O)Nc1ccc2c(c1)OC(F)(F)O2. The fourth-order valence-electron chi connectivity index (χ4n) is 3.34. The summed E-state index contributed by atoms with van der Waals surface area (Å²) in [6.07, 6.45) is -3.34. The fourth-order valence-corrected chi connectivity index (χ4v) is 3.34. The van der Waals surface area contributed by atoms with Crippen LogP contribution in [0.15, 0.2) is 42.5 Å². The maximum Gasteiger partial charge on any atom is 0.586 e. The van der Waals surface area contributed by atoms with Crippen LogP contribution >= 0.6 is 0 Å². The van der Waals surface area contributed by atoms with Gasteiger partial charge < -0.3 is 19.7 Å². The molecule has 0 saturated carbocycles. The summed E-state index contributed by atoms with van der Waals surface area (Å²) in [5, 5.41) is 2.67. The van der Waals surface area contributed by atoms with Crippen molar-refractivity contribution in [1.82, 2.24) is 4.90 Å². The second-order valence-electron chi connectivity index (χ2n) is 6.45. The third-order valence-electron chi connectivity index (χ3n) is 4.62. The number of rotatable bonds is 2. The Labute approximate surface area is 153 Å². The van der Waals surface area contributed by atoms with Crippen LogP contribution in [0.1, 0.15) is 18.1 Å². The largest absolute Gasteiger partial charge is 0.586 e. The molecular formula is C19H16F2N2O4. The van der Waals surface area contributed by atoms with Gasteiger partial charge in [-0.1, -0.05) is 24.3 Å². The molecule has 140 valence electrons. The van der Waals surface area contributed by atoms with Crippen LogP contribution in [0.3, 0.4) is 0 Å². The summed E-state index contributed by atoms with van der Waals surface area (Å²) in [4.78, 5) is 26.3. The highest BCUT2D eigenvalue weighted by molar-refractivity contribution is 5.97. The van der Waals surface area contributed by atoms with E-state index in [-0.39, 0.29) is 23.1 Å². The first kappa shape index (κ1) is 17.3. The average Bonchev–Trinajstić information content (AvgIpc) is 2.93. The number of ether oxygens (including phenoxy) is 2. The van der Waals surface area contributed by atoms with Gasteiger partial charge in [0.05, 0.1) is 0 Å². The number of carbonyl (C=O) groups excluding carboxylic acids is 2. The molecule has 2 aromatic rings. The Morgan fingerprint density at radius 1 is 1.11 bits per heavy atom. The van der Waals surface area contributed by atoms with Gasteiger partial charge in [-0.3, -0.25) is 9.59 Å². The van der Waals surface area contributed by atoms with Crippen LogP contribution < -0.4 is 14.8 Å². The zero-order valence-electron chi connectivity index (χ0n) is 14.4. The van der Waals surface area contributed by atoms with Crippen molar-refractivity contribution in [2.45, 2.75) is 32.2 Å². The van der Waals surface area contributed by atoms with Crippen LogP contribution in [0.5, 0.6) is 11.5 Å². The van der Waals surface area contributed by atoms with E-state index < -0.39 is 18.2 Å². The van der Waals surface area contributed by atoms with Crippen molar-refractivity contribution in [3.05, 3.63) is 53.6 Å². The number of hydrogen-bond acceptors (Lipinski definition) is 4. The molecule has 0 fully saturated rings. The normalized spacial score (nSPS) is 19.4. The molecule has 8 heteroatoms. The zero-order valence-corrected chi connectivity index (χ0v) is 14.4. The second kappa shape index (κ2) is 6.22. The fraction of sp³-hybridized carbons (Fsp3) is 0.263. The minimum absolute atomic E-state index is 0.102. The van der Waals surface area contributed by atoms with Crippen LogP contribution in [0, 0.1) is 0 Å². The van der Waals surface area contributed by atoms with Gasteiger partial charge >= 0.3 is 6.29 Å². The molecule has 0 radical (unpaired) electrons. The molecule has 0 bridgehead atoms. The summed E-state index contributed by atoms with van der Waals surface area (Å²) in [6, 6.07) is 10.9. The summed E-state index contributed by atoms with van der Waals surface area (Å²) < 4.78 is 35.0. The van der Waals surface area contributed by atoms with E-state index in [0.717, 1.165) is 11.1 Å². The van der Waals surface area contributed by atoms with Crippen LogP contribution in [0.25, 0.3) is 0 Å². The van der Waals surface area contributed by atoms with E-state index >= 15 is 0 Å². The van der Waals surface area contributed by atoms with E-state index in [2.05, 4.69) is 14.8 Å². The average molecular weight is 374 g/mol. The highest BCUT2D eigenvalue weighted by atomic mass is 19.3. The first-order chi connectivity index (χ1) is 12.8. The van der Waals surface area contributed by atoms with Gasteiger partial charge in [-0.25, -0.2) is 0 Å². The number of nitrogens with one attached hydrogen (secondary N) is 1. The Morgan fingerprint density at radius 3 is 2.56 bits per heavy atom. The third-order valence-corrected chi connectivity index (χ3v) is 4.62. The lowest BCUT2D eigenvalue weighted by molar-refractivity contribution is -0.286. The maximum atomic E-state index is 13.1. The van der Waals surface area contributed by atoms with Gasteiger partial charge in [0.25, 0.3) is 0 Å². The molecule has 1 N–H and O–H groups in total. The summed E-state index contributed by atoms with van der Waals surface area (Å²) in [7, 11) is 0. The van der Waals surface area contributed by atoms with Crippen molar-refractivity contribution in [3.63, 3.8) is 0 Å². The molecule has 2 aliphatic rings. The molecule has 0 saturated heterocycles. The number of halogens is 2. The van der Waals surface area contributed by atoms with Crippen molar-refractivity contribution < 1.29 is 27.8 Å². The number of anilines is 1. The van der Waals surface area contributed by atoms with Gasteiger partial charge in [0.15, 0.2) is 11.5 Å². The Kier molecular flexibility index (Phi) is 3.98. The Balaban J connectivity index is 1.55. The molecule has 1 atom stereocenters. The molecule has 0 unspecified atom stereocenters. The zero-order chi connectivity index (χ0) is 19.2. The maximum absolute atomic E-state index is 13.1. The molecule has 0 aliphatic carbocycles. The van der Waals surface area contributed by atoms with E-state index in [1.165, 1.54) is 30.0 Å². The lowest BCUT2D eigenvalue weighted by Gasteiger charge is -2.35. The molecule has 2 heterocycles. The Hall–Kier alpha value is -3.16. The summed E-state index contributed by atoms with van der Waals surface area (Å²) in [5.41, 5.74) is 2.28. The minimum Gasteiger partial charge on any atom is -0.395 e. The summed E-state index contributed by atoms with van der Waals surface area (Å²) >= 11 is 0. The molecule has 4 rings (SSSR count). The number of amides is 2. The molecular weight excluding hydrogens is 358 g/mol. The quantitative estimate of drug-likeness (QED) is 0.878. The molecule has 2 aliphatic heterocycles. The molecule has 6 nitrogen and oxygen atoms in total. The summed E-state index contributed by atoms with van der Waals surface area (Å²) in [6.45, 7) is 1.76. The molecule has 27 heavy (non-hydrogen) atoms. The number of fused-ring (bicyclic) bond motifs is 2. The van der Waals surface area contributed by atoms with Crippen molar-refractivity contribution in [3.8, 4) is 11.5 Å². The van der Waals surface area contributed by atoms with Gasteiger partial charge in [0.2, 0.25) is 11.8 Å². The molecule has 0 spiro atoms. The Bertz CT molecular complexity index is 932. The minimum atomic E-state index is -3.72. The van der Waals surface area contributed by atoms with Gasteiger partial charge in [0, 0.05) is 31.6 Å². The van der Waals surface area contributed by atoms with Gasteiger partial charge in [0.1, 0.15) is 6.04 Å². The molecule has 2 amide bonds. The van der Waals surface area contributed by atoms with Crippen molar-refractivity contribution >= 4 is 17.5 Å². The lowest BCUT2D eigenvalue weighted by Crippen LogP contribution is -2.49. The predicted molar refractivity (Wildman–Crippen MR) is 91.4 cm³/mol. The van der Waals surface area contributed by atoms with Gasteiger partial charge in [-0.15, -0.1) is 8.78 Å². The predicted octanol–water partition coefficient (Wildman–Crippen LogP) is 2.92. The number of hydrogen-bond donors (Lipinski definition) is 1. The topological polar surface area (TPSA) is 67.9 Å². The second-order valence-corrected chi connectivity index (χ2v) is 6.45. The first-order valence-corrected chi connectivity index (χ1v) is 8.37. The highest BCUT2D eigenvalue weighted by Crippen LogP contribution is 2.42. The van der Waals surface area contributed by atoms with Crippen LogP contribution in [0.2, 0.25) is 0 Å². The van der Waals surface area contributed by atoms with E-state index in [0.29, 0.717) is 13.0 Å². The monoisotopic (exact) mass is 374 g/mol. The van der Waals surface area contributed by atoms with Gasteiger partial charge in [-0.2, -0.15) is 0 Å². The van der Waals surface area contributed by atoms with Crippen molar-refractivity contribution in [1.29, 1.82) is 0 Å². The summed E-state index contributed by atoms with van der Waals surface area (Å²) in [5.74, 6) is -0.870. The van der Waals surface area contributed by atoms with E-state index in [1.807, 2.05) is 24.3 Å². The molecule has 2 aromatic carbocycles. The highest BCUT2D eigenvalue weighted by Gasteiger charge is 2.43. The first-order valence-electron chi connectivity index (χ1n) is 8.37. The van der Waals surface area contributed by atoms with E-state index in [9.17, 15) is 18.4 Å². The van der Waals surface area contributed by atoms with E-state index in [1.54, 1.807) is 0 Å². The van der Waals surface area contributed by atoms with E-state index in [4.69, 9.17) is 0 Å². The van der Waals surface area contributed by atoms with Gasteiger partial charge in [-0.05, 0) is 23.3 Å². The number of benzene rings is 2. The van der Waals surface area contributed by atoms with Crippen LogP contribution in [-0.4, -0.2) is 29.1 Å². The smallest absolute Gasteiger partial charge is 0.395 e. The number of carbonyl (C=O) groups is 2. The van der Waals surface area contributed by atoms with Crippen LogP contribution in [-0.2, 0) is 22.6 Å². The number of nitrogens with zero attached hydrogens (tertiary/aromatic N) is 1. The van der Waals surface area contributed by atoms with Crippen molar-refractivity contribution in [2.24, 2.45) is 0 Å². The molecule has 0 aromatic heterocycles. The Morgan fingerprint density at radius 2 is 1.81 bits per heavy atom. The lowest BCUT2D eigenvalue weighted by atomic mass is 9.93. The van der Waals surface area contributed by atoms with Crippen LogP contribution in [0.4, 0.5) is 14.5 Å². The third kappa shape index (κ3) is 3.30. The van der Waals surface area contributed by atoms with Crippen molar-refractivity contribution in [2.75, 3.05) is 5.32 Å². The number of alkyl halides is 2.